The van der Waals surface area contributed by atoms with Gasteiger partial charge in [-0.3, -0.25) is 4.79 Å². The first-order valence-electron chi connectivity index (χ1n) is 7.88. The van der Waals surface area contributed by atoms with Crippen LogP contribution < -0.4 is 5.32 Å². The standard InChI is InChI=1S/C19H14Br2N2O4/c1-11-8-12(20)19(13(21)9-11)23-16(24)10-26-18(25)7-6-17-22-14-4-2-3-5-15(14)27-17/h2-9H,10H2,1H3,(H,23,24)/b7-6+. The van der Waals surface area contributed by atoms with Gasteiger partial charge in [0.1, 0.15) is 5.52 Å². The number of hydrogen-bond donors (Lipinski definition) is 1. The third kappa shape index (κ3) is 5.05. The highest BCUT2D eigenvalue weighted by Crippen LogP contribution is 2.32. The first-order valence-corrected chi connectivity index (χ1v) is 9.47. The molecule has 138 valence electrons. The van der Waals surface area contributed by atoms with Gasteiger partial charge >= 0.3 is 5.97 Å². The van der Waals surface area contributed by atoms with Crippen molar-refractivity contribution in [3.63, 3.8) is 0 Å². The summed E-state index contributed by atoms with van der Waals surface area (Å²) < 4.78 is 11.9. The summed E-state index contributed by atoms with van der Waals surface area (Å²) in [6.07, 6.45) is 2.56. The number of halogens is 2. The molecule has 1 amide bonds. The fourth-order valence-electron chi connectivity index (χ4n) is 2.28. The van der Waals surface area contributed by atoms with Crippen molar-refractivity contribution >= 4 is 66.6 Å². The molecule has 27 heavy (non-hydrogen) atoms. The van der Waals surface area contributed by atoms with E-state index in [2.05, 4.69) is 42.2 Å². The van der Waals surface area contributed by atoms with Crippen LogP contribution in [0.25, 0.3) is 17.2 Å². The maximum absolute atomic E-state index is 12.0. The number of esters is 1. The smallest absolute Gasteiger partial charge is 0.331 e. The van der Waals surface area contributed by atoms with Gasteiger partial charge in [0.15, 0.2) is 12.2 Å². The molecule has 1 aromatic heterocycles. The van der Waals surface area contributed by atoms with E-state index in [1.54, 1.807) is 12.1 Å². The minimum atomic E-state index is -0.672. The van der Waals surface area contributed by atoms with Crippen LogP contribution in [0.1, 0.15) is 11.5 Å². The molecule has 0 saturated carbocycles. The van der Waals surface area contributed by atoms with Crippen LogP contribution in [-0.4, -0.2) is 23.5 Å². The molecule has 0 saturated heterocycles. The Hall–Kier alpha value is -2.45. The maximum atomic E-state index is 12.0. The van der Waals surface area contributed by atoms with Crippen molar-refractivity contribution in [2.75, 3.05) is 11.9 Å². The first-order chi connectivity index (χ1) is 12.9. The molecule has 1 heterocycles. The lowest BCUT2D eigenvalue weighted by atomic mass is 10.2. The number of nitrogens with zero attached hydrogens (tertiary/aromatic N) is 1. The van der Waals surface area contributed by atoms with Crippen LogP contribution >= 0.6 is 31.9 Å². The van der Waals surface area contributed by atoms with Crippen LogP contribution in [-0.2, 0) is 14.3 Å². The van der Waals surface area contributed by atoms with Crippen molar-refractivity contribution in [2.45, 2.75) is 6.92 Å². The number of aryl methyl sites for hydroxylation is 1. The van der Waals surface area contributed by atoms with Crippen LogP contribution in [0.3, 0.4) is 0 Å². The number of anilines is 1. The quantitative estimate of drug-likeness (QED) is 0.405. The van der Waals surface area contributed by atoms with E-state index in [9.17, 15) is 9.59 Å². The monoisotopic (exact) mass is 492 g/mol. The summed E-state index contributed by atoms with van der Waals surface area (Å²) in [7, 11) is 0. The summed E-state index contributed by atoms with van der Waals surface area (Å²) in [6, 6.07) is 11.0. The Morgan fingerprint density at radius 1 is 1.22 bits per heavy atom. The topological polar surface area (TPSA) is 81.4 Å². The highest BCUT2D eigenvalue weighted by Gasteiger charge is 2.12. The van der Waals surface area contributed by atoms with Crippen molar-refractivity contribution in [1.29, 1.82) is 0 Å². The lowest BCUT2D eigenvalue weighted by Crippen LogP contribution is -2.20. The molecule has 0 bridgehead atoms. The number of rotatable bonds is 5. The van der Waals surface area contributed by atoms with Crippen molar-refractivity contribution in [3.05, 3.63) is 62.9 Å². The van der Waals surface area contributed by atoms with Crippen molar-refractivity contribution in [2.24, 2.45) is 0 Å². The number of carbonyl (C=O) groups is 2. The summed E-state index contributed by atoms with van der Waals surface area (Å²) >= 11 is 6.78. The number of ether oxygens (including phenoxy) is 1. The van der Waals surface area contributed by atoms with Crippen molar-refractivity contribution in [3.8, 4) is 0 Å². The molecule has 3 aromatic rings. The number of carbonyl (C=O) groups excluding carboxylic acids is 2. The molecule has 0 aliphatic heterocycles. The van der Waals surface area contributed by atoms with Crippen LogP contribution in [0, 0.1) is 6.92 Å². The number of oxazole rings is 1. The zero-order valence-electron chi connectivity index (χ0n) is 14.2. The van der Waals surface area contributed by atoms with E-state index in [-0.39, 0.29) is 5.89 Å². The summed E-state index contributed by atoms with van der Waals surface area (Å²) in [4.78, 5) is 28.0. The summed E-state index contributed by atoms with van der Waals surface area (Å²) in [5.41, 5.74) is 2.92. The fraction of sp³-hybridized carbons (Fsp3) is 0.105. The summed E-state index contributed by atoms with van der Waals surface area (Å²) in [5, 5.41) is 2.69. The molecule has 8 heteroatoms. The van der Waals surface area contributed by atoms with Crippen molar-refractivity contribution in [1.82, 2.24) is 4.98 Å². The molecule has 0 unspecified atom stereocenters. The number of hydrogen-bond acceptors (Lipinski definition) is 5. The fourth-order valence-corrected chi connectivity index (χ4v) is 3.89. The molecule has 6 nitrogen and oxygen atoms in total. The number of amides is 1. The molecule has 0 spiro atoms. The van der Waals surface area contributed by atoms with Gasteiger partial charge in [0.25, 0.3) is 5.91 Å². The van der Waals surface area contributed by atoms with Gasteiger partial charge in [0.2, 0.25) is 5.89 Å². The highest BCUT2D eigenvalue weighted by atomic mass is 79.9. The molecule has 2 aromatic carbocycles. The molecule has 0 atom stereocenters. The number of benzene rings is 2. The van der Waals surface area contributed by atoms with E-state index in [0.29, 0.717) is 16.8 Å². The van der Waals surface area contributed by atoms with E-state index in [4.69, 9.17) is 9.15 Å². The molecular formula is C19H14Br2N2O4. The van der Waals surface area contributed by atoms with Gasteiger partial charge in [-0.25, -0.2) is 9.78 Å². The highest BCUT2D eigenvalue weighted by molar-refractivity contribution is 9.11. The van der Waals surface area contributed by atoms with Gasteiger partial charge in [0, 0.05) is 21.1 Å². The Labute approximate surface area is 171 Å². The third-order valence-corrected chi connectivity index (χ3v) is 4.72. The molecule has 0 aliphatic rings. The van der Waals surface area contributed by atoms with Gasteiger partial charge in [-0.15, -0.1) is 0 Å². The van der Waals surface area contributed by atoms with E-state index < -0.39 is 18.5 Å². The largest absolute Gasteiger partial charge is 0.452 e. The Balaban J connectivity index is 1.55. The van der Waals surface area contributed by atoms with Gasteiger partial charge in [-0.05, 0) is 68.6 Å². The molecule has 0 aliphatic carbocycles. The van der Waals surface area contributed by atoms with Crippen LogP contribution in [0.5, 0.6) is 0 Å². The first kappa shape index (κ1) is 19.3. The predicted molar refractivity (Wildman–Crippen MR) is 109 cm³/mol. The Morgan fingerprint density at radius 2 is 1.93 bits per heavy atom. The molecule has 0 radical (unpaired) electrons. The Morgan fingerprint density at radius 3 is 2.63 bits per heavy atom. The Bertz CT molecular complexity index is 987. The zero-order chi connectivity index (χ0) is 19.4. The van der Waals surface area contributed by atoms with E-state index >= 15 is 0 Å². The third-order valence-electron chi connectivity index (χ3n) is 3.47. The zero-order valence-corrected chi connectivity index (χ0v) is 17.3. The molecular weight excluding hydrogens is 480 g/mol. The summed E-state index contributed by atoms with van der Waals surface area (Å²) in [5.74, 6) is -0.844. The molecule has 1 N–H and O–H groups in total. The second-order valence-corrected chi connectivity index (χ2v) is 7.32. The van der Waals surface area contributed by atoms with E-state index in [1.165, 1.54) is 6.08 Å². The second-order valence-electron chi connectivity index (χ2n) is 5.61. The lowest BCUT2D eigenvalue weighted by Gasteiger charge is -2.10. The number of aromatic nitrogens is 1. The van der Waals surface area contributed by atoms with E-state index in [0.717, 1.165) is 20.6 Å². The number of para-hydroxylation sites is 2. The average Bonchev–Trinajstić information content (AvgIpc) is 3.04. The lowest BCUT2D eigenvalue weighted by molar-refractivity contribution is -0.142. The van der Waals surface area contributed by atoms with Gasteiger partial charge in [0.05, 0.1) is 5.69 Å². The van der Waals surface area contributed by atoms with Gasteiger partial charge in [-0.1, -0.05) is 12.1 Å². The van der Waals surface area contributed by atoms with Gasteiger partial charge < -0.3 is 14.5 Å². The van der Waals surface area contributed by atoms with Crippen LogP contribution in [0.4, 0.5) is 5.69 Å². The normalized spacial score (nSPS) is 11.1. The molecule has 3 rings (SSSR count). The van der Waals surface area contributed by atoms with Crippen molar-refractivity contribution < 1.29 is 18.7 Å². The number of nitrogens with one attached hydrogen (secondary N) is 1. The average molecular weight is 494 g/mol. The summed E-state index contributed by atoms with van der Waals surface area (Å²) in [6.45, 7) is 1.52. The Kier molecular flexibility index (Phi) is 6.08. The van der Waals surface area contributed by atoms with Crippen LogP contribution in [0.15, 0.2) is 55.8 Å². The predicted octanol–water partition coefficient (Wildman–Crippen LogP) is 4.86. The minimum Gasteiger partial charge on any atom is -0.452 e. The molecule has 0 fully saturated rings. The maximum Gasteiger partial charge on any atom is 0.331 e. The SMILES string of the molecule is Cc1cc(Br)c(NC(=O)COC(=O)/C=C/c2nc3ccccc3o2)c(Br)c1. The van der Waals surface area contributed by atoms with Gasteiger partial charge in [-0.2, -0.15) is 0 Å². The minimum absolute atomic E-state index is 0.283. The van der Waals surface area contributed by atoms with E-state index in [1.807, 2.05) is 31.2 Å². The van der Waals surface area contributed by atoms with Crippen LogP contribution in [0.2, 0.25) is 0 Å². The second kappa shape index (κ2) is 8.49. The number of fused-ring (bicyclic) bond motifs is 1.